The van der Waals surface area contributed by atoms with Crippen LogP contribution in [0.1, 0.15) is 12.8 Å². The maximum absolute atomic E-state index is 12.1. The molecular formula is C15H21NO4S. The first kappa shape index (κ1) is 16.1. The van der Waals surface area contributed by atoms with Crippen LogP contribution in [-0.4, -0.2) is 49.2 Å². The Bertz CT molecular complexity index is 457. The van der Waals surface area contributed by atoms with E-state index in [0.29, 0.717) is 31.8 Å². The highest BCUT2D eigenvalue weighted by molar-refractivity contribution is 8.00. The van der Waals surface area contributed by atoms with Crippen molar-refractivity contribution in [2.24, 2.45) is 0 Å². The molecule has 1 aliphatic rings. The number of aliphatic hydroxyl groups is 1. The Balaban J connectivity index is 1.83. The highest BCUT2D eigenvalue weighted by Crippen LogP contribution is 2.23. The van der Waals surface area contributed by atoms with E-state index in [0.717, 1.165) is 10.6 Å². The number of carbonyl (C=O) groups is 1. The van der Waals surface area contributed by atoms with Crippen molar-refractivity contribution in [1.82, 2.24) is 5.32 Å². The number of ether oxygens (including phenoxy) is 2. The zero-order chi connectivity index (χ0) is 15.1. The lowest BCUT2D eigenvalue weighted by molar-refractivity contribution is -0.122. The van der Waals surface area contributed by atoms with Gasteiger partial charge in [0.15, 0.2) is 0 Å². The van der Waals surface area contributed by atoms with Crippen molar-refractivity contribution in [3.05, 3.63) is 24.3 Å². The SMILES string of the molecule is COc1ccc(SCC(=O)NC2(CO)CCOCC2)cc1. The predicted molar refractivity (Wildman–Crippen MR) is 81.7 cm³/mol. The van der Waals surface area contributed by atoms with Crippen LogP contribution in [0, 0.1) is 0 Å². The molecule has 1 aromatic rings. The maximum Gasteiger partial charge on any atom is 0.230 e. The van der Waals surface area contributed by atoms with Gasteiger partial charge in [-0.25, -0.2) is 0 Å². The van der Waals surface area contributed by atoms with Crippen LogP contribution in [0.2, 0.25) is 0 Å². The molecule has 0 bridgehead atoms. The third-order valence-corrected chi connectivity index (χ3v) is 4.60. The molecule has 21 heavy (non-hydrogen) atoms. The topological polar surface area (TPSA) is 67.8 Å². The lowest BCUT2D eigenvalue weighted by atomic mass is 9.91. The van der Waals surface area contributed by atoms with E-state index in [1.165, 1.54) is 11.8 Å². The molecule has 0 spiro atoms. The maximum atomic E-state index is 12.1. The molecule has 0 saturated carbocycles. The number of amides is 1. The lowest BCUT2D eigenvalue weighted by Crippen LogP contribution is -2.55. The molecule has 0 radical (unpaired) electrons. The van der Waals surface area contributed by atoms with E-state index >= 15 is 0 Å². The third kappa shape index (κ3) is 4.62. The summed E-state index contributed by atoms with van der Waals surface area (Å²) in [5, 5.41) is 12.5. The second-order valence-electron chi connectivity index (χ2n) is 5.06. The number of thioether (sulfide) groups is 1. The van der Waals surface area contributed by atoms with Crippen LogP contribution in [0.3, 0.4) is 0 Å². The average Bonchev–Trinajstić information content (AvgIpc) is 2.54. The smallest absolute Gasteiger partial charge is 0.230 e. The van der Waals surface area contributed by atoms with E-state index in [1.54, 1.807) is 7.11 Å². The number of hydrogen-bond donors (Lipinski definition) is 2. The summed E-state index contributed by atoms with van der Waals surface area (Å²) in [4.78, 5) is 13.1. The normalized spacial score (nSPS) is 17.2. The molecule has 6 heteroatoms. The summed E-state index contributed by atoms with van der Waals surface area (Å²) < 4.78 is 10.4. The first-order valence-corrected chi connectivity index (χ1v) is 7.92. The minimum Gasteiger partial charge on any atom is -0.497 e. The van der Waals surface area contributed by atoms with Crippen molar-refractivity contribution in [1.29, 1.82) is 0 Å². The van der Waals surface area contributed by atoms with Crippen molar-refractivity contribution < 1.29 is 19.4 Å². The van der Waals surface area contributed by atoms with Gasteiger partial charge in [-0.15, -0.1) is 11.8 Å². The number of nitrogens with one attached hydrogen (secondary N) is 1. The summed E-state index contributed by atoms with van der Waals surface area (Å²) in [6, 6.07) is 7.59. The standard InChI is InChI=1S/C15H21NO4S/c1-19-12-2-4-13(5-3-12)21-10-14(18)16-15(11-17)6-8-20-9-7-15/h2-5,17H,6-11H2,1H3,(H,16,18). The molecule has 1 amide bonds. The summed E-state index contributed by atoms with van der Waals surface area (Å²) >= 11 is 1.47. The second kappa shape index (κ2) is 7.68. The Kier molecular flexibility index (Phi) is 5.90. The molecule has 5 nitrogen and oxygen atoms in total. The van der Waals surface area contributed by atoms with Crippen molar-refractivity contribution in [2.45, 2.75) is 23.3 Å². The van der Waals surface area contributed by atoms with Gasteiger partial charge in [-0.1, -0.05) is 0 Å². The van der Waals surface area contributed by atoms with Gasteiger partial charge in [-0.3, -0.25) is 4.79 Å². The fourth-order valence-electron chi connectivity index (χ4n) is 2.24. The number of carbonyl (C=O) groups excluding carboxylic acids is 1. The lowest BCUT2D eigenvalue weighted by Gasteiger charge is -2.36. The first-order valence-electron chi connectivity index (χ1n) is 6.94. The van der Waals surface area contributed by atoms with Gasteiger partial charge in [0.2, 0.25) is 5.91 Å². The van der Waals surface area contributed by atoms with Crippen molar-refractivity contribution >= 4 is 17.7 Å². The van der Waals surface area contributed by atoms with E-state index in [1.807, 2.05) is 24.3 Å². The van der Waals surface area contributed by atoms with Crippen LogP contribution in [0.4, 0.5) is 0 Å². The molecular weight excluding hydrogens is 290 g/mol. The summed E-state index contributed by atoms with van der Waals surface area (Å²) in [5.41, 5.74) is -0.518. The highest BCUT2D eigenvalue weighted by Gasteiger charge is 2.33. The van der Waals surface area contributed by atoms with E-state index in [-0.39, 0.29) is 12.5 Å². The molecule has 1 saturated heterocycles. The van der Waals surface area contributed by atoms with E-state index in [2.05, 4.69) is 5.32 Å². The van der Waals surface area contributed by atoms with Gasteiger partial charge in [0.05, 0.1) is 25.0 Å². The largest absolute Gasteiger partial charge is 0.497 e. The van der Waals surface area contributed by atoms with Gasteiger partial charge < -0.3 is 19.9 Å². The fraction of sp³-hybridized carbons (Fsp3) is 0.533. The number of aliphatic hydroxyl groups excluding tert-OH is 1. The Morgan fingerprint density at radius 2 is 2.05 bits per heavy atom. The Morgan fingerprint density at radius 1 is 1.38 bits per heavy atom. The molecule has 0 atom stereocenters. The first-order chi connectivity index (χ1) is 10.2. The molecule has 0 aliphatic carbocycles. The Hall–Kier alpha value is -1.24. The van der Waals surface area contributed by atoms with Crippen molar-refractivity contribution in [3.8, 4) is 5.75 Å². The zero-order valence-electron chi connectivity index (χ0n) is 12.1. The molecule has 2 rings (SSSR count). The van der Waals surface area contributed by atoms with Crippen LogP contribution in [0.5, 0.6) is 5.75 Å². The van der Waals surface area contributed by atoms with Gasteiger partial charge in [0.25, 0.3) is 0 Å². The fourth-order valence-corrected chi connectivity index (χ4v) is 2.94. The molecule has 2 N–H and O–H groups in total. The number of benzene rings is 1. The highest BCUT2D eigenvalue weighted by atomic mass is 32.2. The van der Waals surface area contributed by atoms with Crippen LogP contribution in [-0.2, 0) is 9.53 Å². The summed E-state index contributed by atoms with van der Waals surface area (Å²) in [6.07, 6.45) is 1.31. The minimum atomic E-state index is -0.518. The van der Waals surface area contributed by atoms with Crippen molar-refractivity contribution in [3.63, 3.8) is 0 Å². The van der Waals surface area contributed by atoms with Gasteiger partial charge >= 0.3 is 0 Å². The van der Waals surface area contributed by atoms with Crippen LogP contribution >= 0.6 is 11.8 Å². The van der Waals surface area contributed by atoms with Crippen LogP contribution < -0.4 is 10.1 Å². The molecule has 116 valence electrons. The summed E-state index contributed by atoms with van der Waals surface area (Å²) in [5.74, 6) is 1.06. The quantitative estimate of drug-likeness (QED) is 0.778. The van der Waals surface area contributed by atoms with Crippen molar-refractivity contribution in [2.75, 3.05) is 32.7 Å². The third-order valence-electron chi connectivity index (χ3n) is 3.59. The zero-order valence-corrected chi connectivity index (χ0v) is 12.9. The molecule has 0 unspecified atom stereocenters. The van der Waals surface area contributed by atoms with E-state index < -0.39 is 5.54 Å². The summed E-state index contributed by atoms with van der Waals surface area (Å²) in [7, 11) is 1.62. The molecule has 0 aromatic heterocycles. The molecule has 1 aromatic carbocycles. The van der Waals surface area contributed by atoms with Gasteiger partial charge in [0, 0.05) is 18.1 Å². The molecule has 1 heterocycles. The number of hydrogen-bond acceptors (Lipinski definition) is 5. The van der Waals surface area contributed by atoms with Crippen LogP contribution in [0.15, 0.2) is 29.2 Å². The molecule has 1 fully saturated rings. The number of rotatable bonds is 6. The van der Waals surface area contributed by atoms with Crippen LogP contribution in [0.25, 0.3) is 0 Å². The molecule has 1 aliphatic heterocycles. The Morgan fingerprint density at radius 3 is 2.62 bits per heavy atom. The van der Waals surface area contributed by atoms with Gasteiger partial charge in [0.1, 0.15) is 5.75 Å². The monoisotopic (exact) mass is 311 g/mol. The Labute approximate surface area is 129 Å². The second-order valence-corrected chi connectivity index (χ2v) is 6.11. The van der Waals surface area contributed by atoms with E-state index in [4.69, 9.17) is 9.47 Å². The van der Waals surface area contributed by atoms with Gasteiger partial charge in [-0.05, 0) is 37.1 Å². The average molecular weight is 311 g/mol. The summed E-state index contributed by atoms with van der Waals surface area (Å²) in [6.45, 7) is 1.11. The van der Waals surface area contributed by atoms with E-state index in [9.17, 15) is 9.90 Å². The van der Waals surface area contributed by atoms with Gasteiger partial charge in [-0.2, -0.15) is 0 Å². The number of methoxy groups -OCH3 is 1. The minimum absolute atomic E-state index is 0.0463. The predicted octanol–water partition coefficient (Wildman–Crippen LogP) is 1.45.